The molecule has 29 heavy (non-hydrogen) atoms. The monoisotopic (exact) mass is 389 g/mol. The van der Waals surface area contributed by atoms with Gasteiger partial charge in [-0.2, -0.15) is 0 Å². The van der Waals surface area contributed by atoms with Crippen molar-refractivity contribution in [3.8, 4) is 5.75 Å². The summed E-state index contributed by atoms with van der Waals surface area (Å²) in [5.74, 6) is 2.40. The molecule has 0 spiro atoms. The number of rotatable bonds is 7. The molecule has 1 N–H and O–H groups in total. The SMILES string of the molecule is O=CN1CCN(c2cc(Nc3ccc(OCc4ccccc4)cc3)ncn2)CC1. The molecule has 0 saturated carbocycles. The average molecular weight is 389 g/mol. The Balaban J connectivity index is 1.35. The van der Waals surface area contributed by atoms with E-state index in [1.807, 2.05) is 60.7 Å². The molecule has 1 fully saturated rings. The fourth-order valence-corrected chi connectivity index (χ4v) is 3.17. The summed E-state index contributed by atoms with van der Waals surface area (Å²) in [6.45, 7) is 3.49. The summed E-state index contributed by atoms with van der Waals surface area (Å²) >= 11 is 0. The van der Waals surface area contributed by atoms with E-state index in [4.69, 9.17) is 4.74 Å². The number of piperazine rings is 1. The molecule has 2 heterocycles. The lowest BCUT2D eigenvalue weighted by atomic mass is 10.2. The molecule has 2 aromatic carbocycles. The van der Waals surface area contributed by atoms with Crippen molar-refractivity contribution in [1.82, 2.24) is 14.9 Å². The molecule has 1 aliphatic rings. The maximum Gasteiger partial charge on any atom is 0.209 e. The molecule has 0 radical (unpaired) electrons. The van der Waals surface area contributed by atoms with Crippen LogP contribution in [0.15, 0.2) is 67.0 Å². The number of benzene rings is 2. The van der Waals surface area contributed by atoms with E-state index < -0.39 is 0 Å². The normalized spacial score (nSPS) is 13.8. The lowest BCUT2D eigenvalue weighted by Gasteiger charge is -2.33. The maximum atomic E-state index is 10.9. The second-order valence-corrected chi connectivity index (χ2v) is 6.81. The molecular formula is C22H23N5O2. The number of anilines is 3. The molecule has 148 valence electrons. The van der Waals surface area contributed by atoms with Gasteiger partial charge in [-0.05, 0) is 29.8 Å². The van der Waals surface area contributed by atoms with Crippen LogP contribution in [0.3, 0.4) is 0 Å². The lowest BCUT2D eigenvalue weighted by molar-refractivity contribution is -0.118. The predicted molar refractivity (Wildman–Crippen MR) is 112 cm³/mol. The lowest BCUT2D eigenvalue weighted by Crippen LogP contribution is -2.46. The average Bonchev–Trinajstić information content (AvgIpc) is 2.79. The molecule has 0 atom stereocenters. The van der Waals surface area contributed by atoms with Gasteiger partial charge in [0, 0.05) is 37.9 Å². The van der Waals surface area contributed by atoms with E-state index in [1.54, 1.807) is 11.2 Å². The minimum absolute atomic E-state index is 0.542. The van der Waals surface area contributed by atoms with Crippen LogP contribution in [0, 0.1) is 0 Å². The van der Waals surface area contributed by atoms with E-state index in [0.29, 0.717) is 19.7 Å². The summed E-state index contributed by atoms with van der Waals surface area (Å²) in [6.07, 6.45) is 2.46. The van der Waals surface area contributed by atoms with Gasteiger partial charge in [-0.25, -0.2) is 9.97 Å². The Labute approximate surface area is 170 Å². The van der Waals surface area contributed by atoms with Gasteiger partial charge < -0.3 is 19.9 Å². The predicted octanol–water partition coefficient (Wildman–Crippen LogP) is 3.08. The highest BCUT2D eigenvalue weighted by atomic mass is 16.5. The van der Waals surface area contributed by atoms with E-state index >= 15 is 0 Å². The molecule has 3 aromatic rings. The van der Waals surface area contributed by atoms with Crippen LogP contribution in [0.1, 0.15) is 5.56 Å². The second-order valence-electron chi connectivity index (χ2n) is 6.81. The number of ether oxygens (including phenoxy) is 1. The van der Waals surface area contributed by atoms with Crippen LogP contribution in [0.4, 0.5) is 17.3 Å². The van der Waals surface area contributed by atoms with Crippen molar-refractivity contribution in [3.05, 3.63) is 72.6 Å². The maximum absolute atomic E-state index is 10.9. The summed E-state index contributed by atoms with van der Waals surface area (Å²) in [5.41, 5.74) is 2.06. The largest absolute Gasteiger partial charge is 0.489 e. The highest BCUT2D eigenvalue weighted by molar-refractivity contribution is 5.60. The molecule has 1 saturated heterocycles. The molecule has 7 heteroatoms. The topological polar surface area (TPSA) is 70.6 Å². The fourth-order valence-electron chi connectivity index (χ4n) is 3.17. The van der Waals surface area contributed by atoms with Gasteiger partial charge in [-0.15, -0.1) is 0 Å². The van der Waals surface area contributed by atoms with Gasteiger partial charge in [-0.3, -0.25) is 4.79 Å². The Hall–Kier alpha value is -3.61. The Bertz CT molecular complexity index is 925. The first kappa shape index (κ1) is 18.7. The van der Waals surface area contributed by atoms with Gasteiger partial charge in [0.05, 0.1) is 0 Å². The van der Waals surface area contributed by atoms with Gasteiger partial charge in [0.2, 0.25) is 6.41 Å². The van der Waals surface area contributed by atoms with Crippen LogP contribution in [0.25, 0.3) is 0 Å². The zero-order valence-electron chi connectivity index (χ0n) is 16.1. The number of carbonyl (C=O) groups is 1. The smallest absolute Gasteiger partial charge is 0.209 e. The van der Waals surface area contributed by atoms with Gasteiger partial charge in [0.15, 0.2) is 0 Å². The van der Waals surface area contributed by atoms with E-state index in [0.717, 1.165) is 48.1 Å². The molecule has 0 bridgehead atoms. The summed E-state index contributed by atoms with van der Waals surface area (Å²) < 4.78 is 5.82. The van der Waals surface area contributed by atoms with Crippen molar-refractivity contribution >= 4 is 23.7 Å². The Morgan fingerprint density at radius 2 is 1.72 bits per heavy atom. The van der Waals surface area contributed by atoms with Crippen molar-refractivity contribution in [1.29, 1.82) is 0 Å². The molecule has 0 unspecified atom stereocenters. The van der Waals surface area contributed by atoms with Gasteiger partial charge >= 0.3 is 0 Å². The Morgan fingerprint density at radius 3 is 2.45 bits per heavy atom. The van der Waals surface area contributed by atoms with Crippen molar-refractivity contribution in [2.45, 2.75) is 6.61 Å². The third kappa shape index (κ3) is 5.01. The first-order valence-electron chi connectivity index (χ1n) is 9.60. The van der Waals surface area contributed by atoms with Gasteiger partial charge in [-0.1, -0.05) is 30.3 Å². The molecule has 1 aliphatic heterocycles. The molecule has 0 aliphatic carbocycles. The Morgan fingerprint density at radius 1 is 0.966 bits per heavy atom. The van der Waals surface area contributed by atoms with Crippen molar-refractivity contribution < 1.29 is 9.53 Å². The number of nitrogens with one attached hydrogen (secondary N) is 1. The number of hydrogen-bond donors (Lipinski definition) is 1. The van der Waals surface area contributed by atoms with Crippen molar-refractivity contribution in [3.63, 3.8) is 0 Å². The van der Waals surface area contributed by atoms with E-state index in [-0.39, 0.29) is 0 Å². The van der Waals surface area contributed by atoms with Crippen LogP contribution < -0.4 is 15.0 Å². The van der Waals surface area contributed by atoms with Crippen LogP contribution in [0.2, 0.25) is 0 Å². The van der Waals surface area contributed by atoms with E-state index in [9.17, 15) is 4.79 Å². The summed E-state index contributed by atoms with van der Waals surface area (Å²) in [5, 5.41) is 3.30. The zero-order chi connectivity index (χ0) is 19.9. The molecule has 1 aromatic heterocycles. The van der Waals surface area contributed by atoms with Crippen LogP contribution in [-0.2, 0) is 11.4 Å². The van der Waals surface area contributed by atoms with E-state index in [2.05, 4.69) is 20.2 Å². The Kier molecular flexibility index (Phi) is 5.85. The third-order valence-electron chi connectivity index (χ3n) is 4.82. The number of hydrogen-bond acceptors (Lipinski definition) is 6. The number of nitrogens with zero attached hydrogens (tertiary/aromatic N) is 4. The quantitative estimate of drug-likeness (QED) is 0.626. The summed E-state index contributed by atoms with van der Waals surface area (Å²) in [6, 6.07) is 19.8. The second kappa shape index (κ2) is 9.05. The fraction of sp³-hybridized carbons (Fsp3) is 0.227. The van der Waals surface area contributed by atoms with Gasteiger partial charge in [0.25, 0.3) is 0 Å². The van der Waals surface area contributed by atoms with Crippen LogP contribution in [-0.4, -0.2) is 47.5 Å². The first-order chi connectivity index (χ1) is 14.3. The minimum atomic E-state index is 0.542. The van der Waals surface area contributed by atoms with Crippen LogP contribution >= 0.6 is 0 Å². The number of aromatic nitrogens is 2. The van der Waals surface area contributed by atoms with Crippen LogP contribution in [0.5, 0.6) is 5.75 Å². The minimum Gasteiger partial charge on any atom is -0.489 e. The van der Waals surface area contributed by atoms with Crippen molar-refractivity contribution in [2.75, 3.05) is 36.4 Å². The van der Waals surface area contributed by atoms with Gasteiger partial charge in [0.1, 0.15) is 30.3 Å². The third-order valence-corrected chi connectivity index (χ3v) is 4.82. The highest BCUT2D eigenvalue weighted by Gasteiger charge is 2.17. The molecule has 1 amide bonds. The van der Waals surface area contributed by atoms with E-state index in [1.165, 1.54) is 0 Å². The zero-order valence-corrected chi connectivity index (χ0v) is 16.1. The number of amides is 1. The summed E-state index contributed by atoms with van der Waals surface area (Å²) in [7, 11) is 0. The standard InChI is InChI=1S/C22H23N5O2/c28-17-26-10-12-27(13-11-26)22-14-21(23-16-24-22)25-19-6-8-20(9-7-19)29-15-18-4-2-1-3-5-18/h1-9,14,16-17H,10-13,15H2,(H,23,24,25). The molecule has 4 rings (SSSR count). The van der Waals surface area contributed by atoms with Crippen molar-refractivity contribution in [2.24, 2.45) is 0 Å². The highest BCUT2D eigenvalue weighted by Crippen LogP contribution is 2.22. The number of carbonyl (C=O) groups excluding carboxylic acids is 1. The summed E-state index contributed by atoms with van der Waals surface area (Å²) in [4.78, 5) is 23.5. The molecule has 7 nitrogen and oxygen atoms in total. The first-order valence-corrected chi connectivity index (χ1v) is 9.60. The molecular weight excluding hydrogens is 366 g/mol.